The lowest BCUT2D eigenvalue weighted by atomic mass is 10.4. The third kappa shape index (κ3) is 4.57. The van der Waals surface area contributed by atoms with Crippen molar-refractivity contribution in [3.8, 4) is 0 Å². The van der Waals surface area contributed by atoms with Crippen LogP contribution < -0.4 is 5.32 Å². The third-order valence-electron chi connectivity index (χ3n) is 2.30. The molecule has 2 rings (SSSR count). The normalized spacial score (nSPS) is 11.7. The van der Waals surface area contributed by atoms with Crippen LogP contribution in [0.5, 0.6) is 0 Å². The van der Waals surface area contributed by atoms with Crippen LogP contribution in [0.15, 0.2) is 20.8 Å². The molecule has 114 valence electrons. The summed E-state index contributed by atoms with van der Waals surface area (Å²) < 4.78 is 39.2. The Kier molecular flexibility index (Phi) is 5.04. The van der Waals surface area contributed by atoms with Crippen LogP contribution in [-0.4, -0.2) is 21.5 Å². The molecule has 2 heterocycles. The van der Waals surface area contributed by atoms with Crippen LogP contribution in [0.2, 0.25) is 0 Å². The van der Waals surface area contributed by atoms with Crippen LogP contribution in [0.25, 0.3) is 0 Å². The summed E-state index contributed by atoms with van der Waals surface area (Å²) >= 11 is 2.47. The second-order valence-corrected chi connectivity index (χ2v) is 6.32. The molecular formula is C12H13F3N4S2. The van der Waals surface area contributed by atoms with Crippen molar-refractivity contribution < 1.29 is 13.2 Å². The molecule has 9 heteroatoms. The fourth-order valence-corrected chi connectivity index (χ4v) is 3.20. The number of hydrogen-bond acceptors (Lipinski definition) is 6. The number of aromatic nitrogens is 3. The highest BCUT2D eigenvalue weighted by Gasteiger charge is 2.35. The zero-order valence-electron chi connectivity index (χ0n) is 11.4. The van der Waals surface area contributed by atoms with Gasteiger partial charge in [-0.05, 0) is 25.1 Å². The van der Waals surface area contributed by atoms with Gasteiger partial charge < -0.3 is 5.32 Å². The molecule has 0 amide bonds. The highest BCUT2D eigenvalue weighted by molar-refractivity contribution is 8.01. The monoisotopic (exact) mass is 334 g/mol. The van der Waals surface area contributed by atoms with Crippen LogP contribution in [0, 0.1) is 6.92 Å². The first-order valence-electron chi connectivity index (χ1n) is 6.18. The van der Waals surface area contributed by atoms with E-state index in [0.717, 1.165) is 23.9 Å². The lowest BCUT2D eigenvalue weighted by molar-refractivity contribution is -0.145. The molecule has 0 aliphatic carbocycles. The zero-order chi connectivity index (χ0) is 15.5. The molecule has 0 aromatic carbocycles. The average Bonchev–Trinajstić information content (AvgIpc) is 2.80. The van der Waals surface area contributed by atoms with Crippen LogP contribution in [-0.2, 0) is 6.18 Å². The minimum atomic E-state index is -4.57. The first kappa shape index (κ1) is 16.0. The number of nitrogens with zero attached hydrogens (tertiary/aromatic N) is 3. The predicted molar refractivity (Wildman–Crippen MR) is 76.8 cm³/mol. The van der Waals surface area contributed by atoms with Crippen molar-refractivity contribution in [1.82, 2.24) is 15.0 Å². The van der Waals surface area contributed by atoms with Crippen LogP contribution in [0.3, 0.4) is 0 Å². The number of anilines is 1. The van der Waals surface area contributed by atoms with Gasteiger partial charge in [0.1, 0.15) is 10.8 Å². The Bertz CT molecular complexity index is 613. The minimum absolute atomic E-state index is 0.176. The van der Waals surface area contributed by atoms with Gasteiger partial charge in [-0.2, -0.15) is 13.2 Å². The maximum Gasteiger partial charge on any atom is 0.451 e. The van der Waals surface area contributed by atoms with Crippen molar-refractivity contribution in [3.05, 3.63) is 23.0 Å². The summed E-state index contributed by atoms with van der Waals surface area (Å²) in [4.78, 5) is 11.3. The number of nitrogens with one attached hydrogen (secondary N) is 1. The Hall–Kier alpha value is -1.35. The fourth-order valence-electron chi connectivity index (χ4n) is 1.42. The Morgan fingerprint density at radius 3 is 2.62 bits per heavy atom. The van der Waals surface area contributed by atoms with Crippen LogP contribution >= 0.6 is 23.1 Å². The van der Waals surface area contributed by atoms with E-state index in [1.807, 2.05) is 19.2 Å². The maximum absolute atomic E-state index is 12.8. The van der Waals surface area contributed by atoms with E-state index in [1.54, 1.807) is 0 Å². The van der Waals surface area contributed by atoms with Crippen molar-refractivity contribution in [2.45, 2.75) is 35.8 Å². The molecular weight excluding hydrogens is 321 g/mol. The van der Waals surface area contributed by atoms with E-state index in [-0.39, 0.29) is 10.8 Å². The SMILES string of the molecule is CCCNc1cc(Sc2nc(C)cs2)nc(C(F)(F)F)n1. The van der Waals surface area contributed by atoms with Gasteiger partial charge in [-0.3, -0.25) is 0 Å². The summed E-state index contributed by atoms with van der Waals surface area (Å²) in [5.41, 5.74) is 0.830. The largest absolute Gasteiger partial charge is 0.451 e. The quantitative estimate of drug-likeness (QED) is 0.829. The van der Waals surface area contributed by atoms with E-state index >= 15 is 0 Å². The number of hydrogen-bond donors (Lipinski definition) is 1. The lowest BCUT2D eigenvalue weighted by Gasteiger charge is -2.10. The molecule has 0 atom stereocenters. The number of halogens is 3. The summed E-state index contributed by atoms with van der Waals surface area (Å²) in [6.07, 6.45) is -3.78. The van der Waals surface area contributed by atoms with Gasteiger partial charge in [-0.15, -0.1) is 11.3 Å². The highest BCUT2D eigenvalue weighted by atomic mass is 32.2. The molecule has 0 saturated carbocycles. The predicted octanol–water partition coefficient (Wildman–Crippen LogP) is 4.23. The Labute approximate surface area is 128 Å². The molecule has 1 N–H and O–H groups in total. The number of alkyl halides is 3. The molecule has 2 aromatic heterocycles. The van der Waals surface area contributed by atoms with Crippen LogP contribution in [0.1, 0.15) is 24.9 Å². The smallest absolute Gasteiger partial charge is 0.370 e. The maximum atomic E-state index is 12.8. The zero-order valence-corrected chi connectivity index (χ0v) is 13.0. The molecule has 0 aliphatic rings. The van der Waals surface area contributed by atoms with E-state index < -0.39 is 12.0 Å². The summed E-state index contributed by atoms with van der Waals surface area (Å²) in [6.45, 7) is 4.30. The molecule has 2 aromatic rings. The molecule has 0 unspecified atom stereocenters. The second kappa shape index (κ2) is 6.61. The summed E-state index contributed by atoms with van der Waals surface area (Å²) in [5, 5.41) is 4.92. The molecule has 0 radical (unpaired) electrons. The van der Waals surface area contributed by atoms with E-state index in [0.29, 0.717) is 10.9 Å². The van der Waals surface area contributed by atoms with Gasteiger partial charge in [-0.1, -0.05) is 6.92 Å². The minimum Gasteiger partial charge on any atom is -0.370 e. The van der Waals surface area contributed by atoms with Gasteiger partial charge in [-0.25, -0.2) is 15.0 Å². The summed E-state index contributed by atoms with van der Waals surface area (Å²) in [7, 11) is 0. The first-order valence-corrected chi connectivity index (χ1v) is 7.88. The van der Waals surface area contributed by atoms with E-state index in [9.17, 15) is 13.2 Å². The van der Waals surface area contributed by atoms with Gasteiger partial charge in [0.05, 0.1) is 0 Å². The number of rotatable bonds is 5. The van der Waals surface area contributed by atoms with Gasteiger partial charge >= 0.3 is 6.18 Å². The Balaban J connectivity index is 2.30. The number of thiazole rings is 1. The van der Waals surface area contributed by atoms with Gasteiger partial charge in [0.25, 0.3) is 0 Å². The standard InChI is InChI=1S/C12H13F3N4S2/c1-3-4-16-8-5-9(19-10(18-8)12(13,14)15)21-11-17-7(2)6-20-11/h5-6H,3-4H2,1-2H3,(H,16,18,19). The molecule has 0 spiro atoms. The van der Waals surface area contributed by atoms with Crippen molar-refractivity contribution >= 4 is 28.9 Å². The van der Waals surface area contributed by atoms with Crippen molar-refractivity contribution in [3.63, 3.8) is 0 Å². The molecule has 21 heavy (non-hydrogen) atoms. The van der Waals surface area contributed by atoms with E-state index in [4.69, 9.17) is 0 Å². The van der Waals surface area contributed by atoms with Crippen molar-refractivity contribution in [2.75, 3.05) is 11.9 Å². The summed E-state index contributed by atoms with van der Waals surface area (Å²) in [6, 6.07) is 1.51. The fraction of sp³-hybridized carbons (Fsp3) is 0.417. The summed E-state index contributed by atoms with van der Waals surface area (Å²) in [5.74, 6) is -0.964. The van der Waals surface area contributed by atoms with Gasteiger partial charge in [0.15, 0.2) is 4.34 Å². The number of aryl methyl sites for hydroxylation is 1. The van der Waals surface area contributed by atoms with Crippen molar-refractivity contribution in [1.29, 1.82) is 0 Å². The molecule has 0 saturated heterocycles. The van der Waals surface area contributed by atoms with Gasteiger partial charge in [0, 0.05) is 23.7 Å². The van der Waals surface area contributed by atoms with E-state index in [2.05, 4.69) is 20.3 Å². The molecule has 0 bridgehead atoms. The van der Waals surface area contributed by atoms with Gasteiger partial charge in [0.2, 0.25) is 5.82 Å². The average molecular weight is 334 g/mol. The Morgan fingerprint density at radius 2 is 2.05 bits per heavy atom. The van der Waals surface area contributed by atoms with E-state index in [1.165, 1.54) is 17.4 Å². The lowest BCUT2D eigenvalue weighted by Crippen LogP contribution is -2.14. The molecule has 0 fully saturated rings. The molecule has 0 aliphatic heterocycles. The first-order chi connectivity index (χ1) is 9.88. The highest BCUT2D eigenvalue weighted by Crippen LogP contribution is 2.33. The molecule has 4 nitrogen and oxygen atoms in total. The third-order valence-corrected chi connectivity index (χ3v) is 4.28. The second-order valence-electron chi connectivity index (χ2n) is 4.20. The topological polar surface area (TPSA) is 50.7 Å². The Morgan fingerprint density at radius 1 is 1.29 bits per heavy atom. The van der Waals surface area contributed by atoms with Crippen LogP contribution in [0.4, 0.5) is 19.0 Å². The van der Waals surface area contributed by atoms with Crippen molar-refractivity contribution in [2.24, 2.45) is 0 Å².